The van der Waals surface area contributed by atoms with Gasteiger partial charge in [-0.3, -0.25) is 4.90 Å². The maximum atomic E-state index is 5.66. The topological polar surface area (TPSA) is 31.7 Å². The average molecular weight is 279 g/mol. The van der Waals surface area contributed by atoms with Crippen molar-refractivity contribution >= 4 is 0 Å². The van der Waals surface area contributed by atoms with Gasteiger partial charge in [-0.25, -0.2) is 0 Å². The van der Waals surface area contributed by atoms with Gasteiger partial charge in [0.2, 0.25) is 0 Å². The molecule has 0 aromatic carbocycles. The summed E-state index contributed by atoms with van der Waals surface area (Å²) < 4.78 is 5.66. The van der Waals surface area contributed by atoms with Crippen molar-refractivity contribution in [3.63, 3.8) is 0 Å². The minimum absolute atomic E-state index is 0.508. The quantitative estimate of drug-likeness (QED) is 0.830. The molecule has 0 spiro atoms. The number of nitrogens with one attached hydrogen (secondary N) is 1. The number of hydrogen-bond acceptors (Lipinski definition) is 4. The van der Waals surface area contributed by atoms with Gasteiger partial charge >= 0.3 is 0 Å². The van der Waals surface area contributed by atoms with Crippen LogP contribution in [0, 0.1) is 0 Å². The number of nitrogens with zero attached hydrogens (tertiary/aromatic N) is 2. The molecule has 1 fully saturated rings. The standard InChI is InChI=1S/C16H29N3O/c1-13(2)17-9-14-8-16(20-12-14)11-18(3)10-15-6-5-7-19(15)4/h8,12-13,15,17H,5-7,9-11H2,1-4H3. The molecule has 1 saturated heterocycles. The van der Waals surface area contributed by atoms with Crippen LogP contribution in [0.1, 0.15) is 38.0 Å². The monoisotopic (exact) mass is 279 g/mol. The maximum Gasteiger partial charge on any atom is 0.118 e. The molecule has 0 radical (unpaired) electrons. The second-order valence-corrected chi connectivity index (χ2v) is 6.43. The van der Waals surface area contributed by atoms with Crippen LogP contribution in [0.15, 0.2) is 16.7 Å². The van der Waals surface area contributed by atoms with Crippen LogP contribution in [0.5, 0.6) is 0 Å². The predicted molar refractivity (Wildman–Crippen MR) is 82.7 cm³/mol. The Labute approximate surface area is 123 Å². The van der Waals surface area contributed by atoms with Crippen molar-refractivity contribution in [3.05, 3.63) is 23.7 Å². The molecule has 0 bridgehead atoms. The first-order chi connectivity index (χ1) is 9.54. The SMILES string of the molecule is CC(C)NCc1coc(CN(C)CC2CCCN2C)c1. The van der Waals surface area contributed by atoms with Gasteiger partial charge in [0.15, 0.2) is 0 Å². The molecule has 114 valence electrons. The summed E-state index contributed by atoms with van der Waals surface area (Å²) in [4.78, 5) is 4.83. The molecule has 2 rings (SSSR count). The highest BCUT2D eigenvalue weighted by Crippen LogP contribution is 2.17. The maximum absolute atomic E-state index is 5.66. The Bertz CT molecular complexity index is 402. The van der Waals surface area contributed by atoms with Gasteiger partial charge in [-0.2, -0.15) is 0 Å². The van der Waals surface area contributed by atoms with E-state index in [9.17, 15) is 0 Å². The van der Waals surface area contributed by atoms with E-state index in [0.717, 1.165) is 25.4 Å². The molecule has 1 aliphatic rings. The highest BCUT2D eigenvalue weighted by atomic mass is 16.3. The van der Waals surface area contributed by atoms with E-state index in [0.29, 0.717) is 12.1 Å². The smallest absolute Gasteiger partial charge is 0.118 e. The fourth-order valence-electron chi connectivity index (χ4n) is 2.82. The molecule has 1 aromatic heterocycles. The summed E-state index contributed by atoms with van der Waals surface area (Å²) >= 11 is 0. The lowest BCUT2D eigenvalue weighted by Gasteiger charge is -2.25. The summed E-state index contributed by atoms with van der Waals surface area (Å²) in [5.74, 6) is 1.06. The van der Waals surface area contributed by atoms with Gasteiger partial charge < -0.3 is 14.6 Å². The fourth-order valence-corrected chi connectivity index (χ4v) is 2.82. The number of hydrogen-bond donors (Lipinski definition) is 1. The van der Waals surface area contributed by atoms with Crippen molar-refractivity contribution in [1.29, 1.82) is 0 Å². The molecule has 2 heterocycles. The number of likely N-dealkylation sites (N-methyl/N-ethyl adjacent to an activating group) is 2. The fraction of sp³-hybridized carbons (Fsp3) is 0.750. The molecule has 1 unspecified atom stereocenters. The second kappa shape index (κ2) is 7.25. The summed E-state index contributed by atoms with van der Waals surface area (Å²) in [5.41, 5.74) is 1.24. The lowest BCUT2D eigenvalue weighted by molar-refractivity contribution is 0.206. The van der Waals surface area contributed by atoms with Crippen LogP contribution in [0.4, 0.5) is 0 Å². The lowest BCUT2D eigenvalue weighted by Crippen LogP contribution is -2.36. The van der Waals surface area contributed by atoms with Crippen LogP contribution in [-0.2, 0) is 13.1 Å². The van der Waals surface area contributed by atoms with Crippen molar-refractivity contribution in [3.8, 4) is 0 Å². The van der Waals surface area contributed by atoms with Crippen LogP contribution < -0.4 is 5.32 Å². The molecule has 4 nitrogen and oxygen atoms in total. The molecule has 1 atom stereocenters. The van der Waals surface area contributed by atoms with Gasteiger partial charge in [-0.05, 0) is 39.5 Å². The van der Waals surface area contributed by atoms with E-state index in [-0.39, 0.29) is 0 Å². The minimum Gasteiger partial charge on any atom is -0.468 e. The van der Waals surface area contributed by atoms with E-state index in [2.05, 4.69) is 49.1 Å². The van der Waals surface area contributed by atoms with Crippen LogP contribution in [0.25, 0.3) is 0 Å². The number of likely N-dealkylation sites (tertiary alicyclic amines) is 1. The van der Waals surface area contributed by atoms with E-state index >= 15 is 0 Å². The van der Waals surface area contributed by atoms with Gasteiger partial charge in [0, 0.05) is 30.7 Å². The molecule has 20 heavy (non-hydrogen) atoms. The average Bonchev–Trinajstić information content (AvgIpc) is 2.97. The molecule has 1 aliphatic heterocycles. The second-order valence-electron chi connectivity index (χ2n) is 6.43. The van der Waals surface area contributed by atoms with Crippen molar-refractivity contribution < 1.29 is 4.42 Å². The van der Waals surface area contributed by atoms with Gasteiger partial charge in [0.25, 0.3) is 0 Å². The third-order valence-electron chi connectivity index (χ3n) is 4.04. The van der Waals surface area contributed by atoms with Gasteiger partial charge in [0.05, 0.1) is 12.8 Å². The predicted octanol–water partition coefficient (Wildman–Crippen LogP) is 2.30. The van der Waals surface area contributed by atoms with Crippen LogP contribution in [-0.4, -0.2) is 49.1 Å². The first-order valence-corrected chi connectivity index (χ1v) is 7.73. The Kier molecular flexibility index (Phi) is 5.64. The number of rotatable bonds is 7. The zero-order valence-corrected chi connectivity index (χ0v) is 13.4. The zero-order valence-electron chi connectivity index (χ0n) is 13.4. The van der Waals surface area contributed by atoms with Crippen LogP contribution in [0.3, 0.4) is 0 Å². The Hall–Kier alpha value is -0.840. The molecule has 0 aliphatic carbocycles. The zero-order chi connectivity index (χ0) is 14.5. The van der Waals surface area contributed by atoms with Gasteiger partial charge in [-0.15, -0.1) is 0 Å². The Balaban J connectivity index is 1.77. The van der Waals surface area contributed by atoms with Gasteiger partial charge in [0.1, 0.15) is 5.76 Å². The summed E-state index contributed by atoms with van der Waals surface area (Å²) in [6.45, 7) is 8.46. The molecular formula is C16H29N3O. The van der Waals surface area contributed by atoms with Crippen molar-refractivity contribution in [1.82, 2.24) is 15.1 Å². The molecule has 0 saturated carbocycles. The molecule has 1 N–H and O–H groups in total. The highest BCUT2D eigenvalue weighted by molar-refractivity contribution is 5.12. The van der Waals surface area contributed by atoms with E-state index in [4.69, 9.17) is 4.42 Å². The van der Waals surface area contributed by atoms with Crippen molar-refractivity contribution in [2.75, 3.05) is 27.2 Å². The van der Waals surface area contributed by atoms with Gasteiger partial charge in [-0.1, -0.05) is 13.8 Å². The Morgan fingerprint density at radius 1 is 1.50 bits per heavy atom. The van der Waals surface area contributed by atoms with E-state index in [1.54, 1.807) is 0 Å². The molecule has 0 amide bonds. The summed E-state index contributed by atoms with van der Waals surface area (Å²) in [6.07, 6.45) is 4.53. The molecule has 1 aromatic rings. The summed E-state index contributed by atoms with van der Waals surface area (Å²) in [5, 5.41) is 3.41. The summed E-state index contributed by atoms with van der Waals surface area (Å²) in [7, 11) is 4.41. The van der Waals surface area contributed by atoms with Crippen LogP contribution in [0.2, 0.25) is 0 Å². The molecular weight excluding hydrogens is 250 g/mol. The lowest BCUT2D eigenvalue weighted by atomic mass is 10.2. The highest BCUT2D eigenvalue weighted by Gasteiger charge is 2.22. The molecule has 4 heteroatoms. The van der Waals surface area contributed by atoms with E-state index < -0.39 is 0 Å². The number of furan rings is 1. The largest absolute Gasteiger partial charge is 0.468 e. The minimum atomic E-state index is 0.508. The van der Waals surface area contributed by atoms with E-state index in [1.807, 2.05) is 6.26 Å². The van der Waals surface area contributed by atoms with Crippen molar-refractivity contribution in [2.24, 2.45) is 0 Å². The third-order valence-corrected chi connectivity index (χ3v) is 4.04. The Morgan fingerprint density at radius 2 is 2.30 bits per heavy atom. The van der Waals surface area contributed by atoms with E-state index in [1.165, 1.54) is 24.9 Å². The Morgan fingerprint density at radius 3 is 2.95 bits per heavy atom. The van der Waals surface area contributed by atoms with Crippen LogP contribution >= 0.6 is 0 Å². The first kappa shape index (κ1) is 15.5. The summed E-state index contributed by atoms with van der Waals surface area (Å²) in [6, 6.07) is 3.38. The third kappa shape index (κ3) is 4.62. The normalized spacial score (nSPS) is 20.4. The van der Waals surface area contributed by atoms with Crippen molar-refractivity contribution in [2.45, 2.75) is 51.9 Å². The first-order valence-electron chi connectivity index (χ1n) is 7.73.